The summed E-state index contributed by atoms with van der Waals surface area (Å²) in [5.41, 5.74) is 2.37. The first-order valence-corrected chi connectivity index (χ1v) is 16.6. The van der Waals surface area contributed by atoms with E-state index in [-0.39, 0.29) is 23.9 Å². The van der Waals surface area contributed by atoms with Crippen molar-refractivity contribution < 1.29 is 19.0 Å². The molecule has 198 valence electrons. The number of aryl methyl sites for hydroxylation is 1. The summed E-state index contributed by atoms with van der Waals surface area (Å²) in [4.78, 5) is 25.0. The van der Waals surface area contributed by atoms with Crippen molar-refractivity contribution in [2.24, 2.45) is 7.05 Å². The van der Waals surface area contributed by atoms with Crippen LogP contribution in [0.5, 0.6) is 0 Å². The number of carbonyl (C=O) groups excluding carboxylic acids is 1. The molecule has 0 radical (unpaired) electrons. The molecule has 1 aliphatic carbocycles. The lowest BCUT2D eigenvalue weighted by Crippen LogP contribution is -2.39. The van der Waals surface area contributed by atoms with Gasteiger partial charge in [0.05, 0.1) is 23.5 Å². The fourth-order valence-corrected chi connectivity index (χ4v) is 5.82. The van der Waals surface area contributed by atoms with Crippen molar-refractivity contribution in [3.05, 3.63) is 35.9 Å². The van der Waals surface area contributed by atoms with Gasteiger partial charge in [0.1, 0.15) is 29.9 Å². The topological polar surface area (TPSA) is 105 Å². The van der Waals surface area contributed by atoms with E-state index in [1.807, 2.05) is 4.90 Å². The quantitative estimate of drug-likeness (QED) is 0.342. The Balaban J connectivity index is 1.43. The second-order valence-corrected chi connectivity index (χ2v) is 17.0. The van der Waals surface area contributed by atoms with Crippen molar-refractivity contribution in [1.29, 1.82) is 0 Å². The Hall–Kier alpha value is -2.89. The summed E-state index contributed by atoms with van der Waals surface area (Å²) < 4.78 is 21.4. The zero-order valence-corrected chi connectivity index (χ0v) is 22.9. The molecule has 0 spiro atoms. The zero-order valence-electron chi connectivity index (χ0n) is 21.9. The summed E-state index contributed by atoms with van der Waals surface area (Å²) in [5, 5.41) is 18.3. The van der Waals surface area contributed by atoms with Crippen LogP contribution in [0.25, 0.3) is 22.3 Å². The number of hydrogen-bond acceptors (Lipinski definition) is 7. The number of amides is 1. The lowest BCUT2D eigenvalue weighted by Gasteiger charge is -2.21. The lowest BCUT2D eigenvalue weighted by atomic mass is 10.1. The Kier molecular flexibility index (Phi) is 7.03. The first kappa shape index (κ1) is 25.7. The maximum atomic E-state index is 13.8. The highest BCUT2D eigenvalue weighted by molar-refractivity contribution is 6.76. The van der Waals surface area contributed by atoms with Crippen LogP contribution in [0, 0.1) is 5.82 Å². The average molecular weight is 527 g/mol. The number of ether oxygens (including phenoxy) is 1. The minimum absolute atomic E-state index is 0.0428. The Morgan fingerprint density at radius 1 is 1.30 bits per heavy atom. The highest BCUT2D eigenvalue weighted by Crippen LogP contribution is 2.36. The van der Waals surface area contributed by atoms with Crippen molar-refractivity contribution in [2.45, 2.75) is 63.0 Å². The Bertz CT molecular complexity index is 1310. The number of halogens is 1. The van der Waals surface area contributed by atoms with Crippen LogP contribution in [0.3, 0.4) is 0 Å². The highest BCUT2D eigenvalue weighted by atomic mass is 28.3. The first-order chi connectivity index (χ1) is 17.6. The van der Waals surface area contributed by atoms with Gasteiger partial charge in [-0.15, -0.1) is 0 Å². The SMILES string of the molecule is Cn1nc(-c2cnc3c(n2)C(C(=O)N[C@H]2CC[C@@H](O)C2)CN3COCC[Si](C)(C)C)c2ccc(F)cc21. The minimum atomic E-state index is -1.22. The van der Waals surface area contributed by atoms with Gasteiger partial charge in [0.2, 0.25) is 5.91 Å². The number of aliphatic hydroxyl groups excluding tert-OH is 1. The molecule has 0 saturated heterocycles. The molecule has 37 heavy (non-hydrogen) atoms. The summed E-state index contributed by atoms with van der Waals surface area (Å²) in [6, 6.07) is 5.55. The zero-order chi connectivity index (χ0) is 26.3. The third-order valence-electron chi connectivity index (χ3n) is 7.18. The number of fused-ring (bicyclic) bond motifs is 2. The largest absolute Gasteiger partial charge is 0.393 e. The summed E-state index contributed by atoms with van der Waals surface area (Å²) in [6.07, 6.45) is 3.31. The molecule has 3 aromatic rings. The average Bonchev–Trinajstić information content (AvgIpc) is 3.51. The van der Waals surface area contributed by atoms with Gasteiger partial charge < -0.3 is 20.1 Å². The van der Waals surface area contributed by atoms with Crippen molar-refractivity contribution in [1.82, 2.24) is 25.1 Å². The van der Waals surface area contributed by atoms with Gasteiger partial charge in [-0.05, 0) is 43.5 Å². The molecule has 1 fully saturated rings. The van der Waals surface area contributed by atoms with Crippen LogP contribution in [0.1, 0.15) is 30.9 Å². The van der Waals surface area contributed by atoms with Gasteiger partial charge in [-0.3, -0.25) is 9.48 Å². The van der Waals surface area contributed by atoms with Crippen molar-refractivity contribution in [2.75, 3.05) is 24.8 Å². The molecule has 1 amide bonds. The number of anilines is 1. The molecule has 3 atom stereocenters. The number of nitrogens with one attached hydrogen (secondary N) is 1. The van der Waals surface area contributed by atoms with Crippen molar-refractivity contribution in [3.8, 4) is 11.4 Å². The summed E-state index contributed by atoms with van der Waals surface area (Å²) >= 11 is 0. The predicted octanol–water partition coefficient (Wildman–Crippen LogP) is 3.41. The van der Waals surface area contributed by atoms with Crippen LogP contribution in [-0.2, 0) is 16.6 Å². The Labute approximate surface area is 217 Å². The maximum absolute atomic E-state index is 13.8. The number of aromatic nitrogens is 4. The molecule has 3 heterocycles. The van der Waals surface area contributed by atoms with Gasteiger partial charge in [0.15, 0.2) is 5.82 Å². The summed E-state index contributed by atoms with van der Waals surface area (Å²) in [7, 11) is 0.540. The van der Waals surface area contributed by atoms with E-state index in [1.165, 1.54) is 12.1 Å². The molecule has 1 saturated carbocycles. The van der Waals surface area contributed by atoms with E-state index in [2.05, 4.69) is 30.1 Å². The third-order valence-corrected chi connectivity index (χ3v) is 8.88. The molecule has 1 aromatic carbocycles. The number of aliphatic hydroxyl groups is 1. The fraction of sp³-hybridized carbons (Fsp3) is 0.538. The molecule has 11 heteroatoms. The Morgan fingerprint density at radius 2 is 2.11 bits per heavy atom. The van der Waals surface area contributed by atoms with Crippen LogP contribution < -0.4 is 10.2 Å². The molecule has 1 unspecified atom stereocenters. The normalized spacial score (nSPS) is 21.6. The van der Waals surface area contributed by atoms with Crippen LogP contribution in [0.15, 0.2) is 24.4 Å². The van der Waals surface area contributed by atoms with Crippen LogP contribution in [-0.4, -0.2) is 70.9 Å². The molecule has 1 aliphatic heterocycles. The van der Waals surface area contributed by atoms with Crippen LogP contribution in [0.4, 0.5) is 10.2 Å². The fourth-order valence-electron chi connectivity index (χ4n) is 5.07. The molecular weight excluding hydrogens is 491 g/mol. The number of carbonyl (C=O) groups is 1. The summed E-state index contributed by atoms with van der Waals surface area (Å²) in [5.74, 6) is -0.340. The van der Waals surface area contributed by atoms with E-state index in [9.17, 15) is 14.3 Å². The highest BCUT2D eigenvalue weighted by Gasteiger charge is 2.38. The summed E-state index contributed by atoms with van der Waals surface area (Å²) in [6.45, 7) is 8.35. The molecule has 2 N–H and O–H groups in total. The smallest absolute Gasteiger partial charge is 0.231 e. The molecule has 2 aromatic heterocycles. The van der Waals surface area contributed by atoms with E-state index >= 15 is 0 Å². The van der Waals surface area contributed by atoms with Gasteiger partial charge >= 0.3 is 0 Å². The van der Waals surface area contributed by atoms with E-state index in [0.717, 1.165) is 17.9 Å². The molecule has 0 bridgehead atoms. The van der Waals surface area contributed by atoms with Gasteiger partial charge in [0, 0.05) is 39.7 Å². The predicted molar refractivity (Wildman–Crippen MR) is 143 cm³/mol. The second-order valence-electron chi connectivity index (χ2n) is 11.4. The number of benzene rings is 1. The van der Waals surface area contributed by atoms with Crippen LogP contribution in [0.2, 0.25) is 25.7 Å². The number of rotatable bonds is 8. The first-order valence-electron chi connectivity index (χ1n) is 12.9. The Morgan fingerprint density at radius 3 is 2.84 bits per heavy atom. The molecule has 9 nitrogen and oxygen atoms in total. The number of hydrogen-bond donors (Lipinski definition) is 2. The van der Waals surface area contributed by atoms with Crippen LogP contribution >= 0.6 is 0 Å². The van der Waals surface area contributed by atoms with Gasteiger partial charge in [0.25, 0.3) is 0 Å². The lowest BCUT2D eigenvalue weighted by molar-refractivity contribution is -0.123. The van der Waals surface area contributed by atoms with E-state index < -0.39 is 14.0 Å². The second kappa shape index (κ2) is 10.1. The number of nitrogens with zero attached hydrogens (tertiary/aromatic N) is 5. The van der Waals surface area contributed by atoms with E-state index in [4.69, 9.17) is 14.7 Å². The van der Waals surface area contributed by atoms with Gasteiger partial charge in [-0.2, -0.15) is 5.10 Å². The van der Waals surface area contributed by atoms with Gasteiger partial charge in [-0.25, -0.2) is 14.4 Å². The van der Waals surface area contributed by atoms with Crippen molar-refractivity contribution in [3.63, 3.8) is 0 Å². The minimum Gasteiger partial charge on any atom is -0.393 e. The third kappa shape index (κ3) is 5.53. The monoisotopic (exact) mass is 526 g/mol. The molecule has 2 aliphatic rings. The maximum Gasteiger partial charge on any atom is 0.231 e. The molecular formula is C26H35FN6O3Si. The van der Waals surface area contributed by atoms with Crippen molar-refractivity contribution >= 4 is 30.7 Å². The van der Waals surface area contributed by atoms with Gasteiger partial charge in [-0.1, -0.05) is 19.6 Å². The van der Waals surface area contributed by atoms with E-state index in [1.54, 1.807) is 24.0 Å². The standard InChI is InChI=1S/C26H35FN6O3Si/c1-32-22-11-16(27)5-8-19(22)23(31-32)21-13-28-25-24(30-21)20(26(35)29-17-6-7-18(34)12-17)14-33(25)15-36-9-10-37(2,3)4/h5,8,11,13,17-18,20,34H,6-7,9-10,12,14-15H2,1-4H3,(H,29,35)/t17-,18+,20?/m0/s1. The van der Waals surface area contributed by atoms with E-state index in [0.29, 0.717) is 61.1 Å². The molecule has 5 rings (SSSR count).